The Labute approximate surface area is 281 Å². The highest BCUT2D eigenvalue weighted by Crippen LogP contribution is 2.46. The monoisotopic (exact) mass is 613 g/mol. The van der Waals surface area contributed by atoms with E-state index in [1.165, 1.54) is 112 Å². The first kappa shape index (κ1) is 30.0. The zero-order valence-corrected chi connectivity index (χ0v) is 28.6. The summed E-state index contributed by atoms with van der Waals surface area (Å²) >= 11 is 0. The molecule has 236 valence electrons. The van der Waals surface area contributed by atoms with E-state index in [-0.39, 0.29) is 0 Å². The number of nitrogens with zero attached hydrogens (tertiary/aromatic N) is 1. The molecule has 0 saturated carbocycles. The van der Waals surface area contributed by atoms with Crippen LogP contribution in [-0.4, -0.2) is 0 Å². The Hall–Kier alpha value is -4.36. The Bertz CT molecular complexity index is 2020. The van der Waals surface area contributed by atoms with E-state index in [9.17, 15) is 0 Å². The van der Waals surface area contributed by atoms with E-state index in [1.807, 2.05) is 0 Å². The summed E-state index contributed by atoms with van der Waals surface area (Å²) in [5, 5.41) is 5.23. The minimum atomic E-state index is 0.433. The van der Waals surface area contributed by atoms with Gasteiger partial charge >= 0.3 is 0 Å². The topological polar surface area (TPSA) is 3.24 Å². The van der Waals surface area contributed by atoms with Crippen molar-refractivity contribution in [3.8, 4) is 11.1 Å². The van der Waals surface area contributed by atoms with Crippen LogP contribution in [0.4, 0.5) is 17.1 Å². The number of fused-ring (bicyclic) bond motifs is 5. The number of benzene rings is 6. The molecule has 47 heavy (non-hydrogen) atoms. The lowest BCUT2D eigenvalue weighted by Gasteiger charge is -2.34. The fraction of sp³-hybridized carbons (Fsp3) is 0.304. The zero-order valence-electron chi connectivity index (χ0n) is 28.6. The van der Waals surface area contributed by atoms with E-state index in [1.54, 1.807) is 22.3 Å². The molecule has 0 aliphatic heterocycles. The van der Waals surface area contributed by atoms with Gasteiger partial charge < -0.3 is 4.90 Å². The fourth-order valence-corrected chi connectivity index (χ4v) is 8.39. The largest absolute Gasteiger partial charge is 0.310 e. The third kappa shape index (κ3) is 5.44. The van der Waals surface area contributed by atoms with Gasteiger partial charge in [0.1, 0.15) is 0 Å². The Kier molecular flexibility index (Phi) is 7.88. The van der Waals surface area contributed by atoms with Gasteiger partial charge in [0, 0.05) is 17.1 Å². The molecule has 6 aromatic rings. The normalized spacial score (nSPS) is 14.5. The van der Waals surface area contributed by atoms with Crippen LogP contribution in [0.2, 0.25) is 0 Å². The standard InChI is InChI=1S/C46H47N/c1-30(2)42-25-33-13-5-7-15-35(33)28-45(42)47(46-29-36-16-8-6-14-34(36)26-43(46)31(3)4)38-23-21-32(22-24-38)44-27-37-17-9-10-18-39(37)40-19-11-12-20-41(40)44/h9-12,17-31H,5-8,13-16H2,1-4H3. The summed E-state index contributed by atoms with van der Waals surface area (Å²) in [4.78, 5) is 2.64. The molecule has 0 unspecified atom stereocenters. The molecule has 8 rings (SSSR count). The smallest absolute Gasteiger partial charge is 0.0499 e. The number of hydrogen-bond acceptors (Lipinski definition) is 1. The molecule has 0 saturated heterocycles. The van der Waals surface area contributed by atoms with Crippen molar-refractivity contribution >= 4 is 38.6 Å². The molecule has 2 aliphatic rings. The van der Waals surface area contributed by atoms with Crippen molar-refractivity contribution in [2.75, 3.05) is 4.90 Å². The first-order chi connectivity index (χ1) is 23.0. The van der Waals surface area contributed by atoms with Crippen molar-refractivity contribution in [3.05, 3.63) is 137 Å². The molecule has 0 amide bonds. The van der Waals surface area contributed by atoms with E-state index in [4.69, 9.17) is 0 Å². The quantitative estimate of drug-likeness (QED) is 0.169. The van der Waals surface area contributed by atoms with Crippen molar-refractivity contribution < 1.29 is 0 Å². The van der Waals surface area contributed by atoms with Crippen molar-refractivity contribution in [1.82, 2.24) is 0 Å². The summed E-state index contributed by atoms with van der Waals surface area (Å²) in [7, 11) is 0. The van der Waals surface area contributed by atoms with Gasteiger partial charge in [-0.25, -0.2) is 0 Å². The molecule has 1 nitrogen and oxygen atoms in total. The molecule has 0 fully saturated rings. The Morgan fingerprint density at radius 2 is 0.936 bits per heavy atom. The van der Waals surface area contributed by atoms with Crippen LogP contribution < -0.4 is 4.90 Å². The van der Waals surface area contributed by atoms with Gasteiger partial charge in [0.15, 0.2) is 0 Å². The highest BCUT2D eigenvalue weighted by molar-refractivity contribution is 6.13. The van der Waals surface area contributed by atoms with Gasteiger partial charge in [-0.05, 0) is 160 Å². The molecule has 6 aromatic carbocycles. The summed E-state index contributed by atoms with van der Waals surface area (Å²) in [5.41, 5.74) is 15.7. The van der Waals surface area contributed by atoms with Gasteiger partial charge in [-0.15, -0.1) is 0 Å². The van der Waals surface area contributed by atoms with E-state index in [0.717, 1.165) is 0 Å². The molecule has 0 bridgehead atoms. The second-order valence-electron chi connectivity index (χ2n) is 14.7. The van der Waals surface area contributed by atoms with Gasteiger partial charge in [0.25, 0.3) is 0 Å². The van der Waals surface area contributed by atoms with Crippen LogP contribution in [-0.2, 0) is 25.7 Å². The van der Waals surface area contributed by atoms with Crippen molar-refractivity contribution in [2.24, 2.45) is 0 Å². The van der Waals surface area contributed by atoms with E-state index >= 15 is 0 Å². The summed E-state index contributed by atoms with van der Waals surface area (Å²) < 4.78 is 0. The molecule has 0 aromatic heterocycles. The lowest BCUT2D eigenvalue weighted by atomic mass is 9.85. The summed E-state index contributed by atoms with van der Waals surface area (Å²) in [6.07, 6.45) is 9.98. The molecule has 0 radical (unpaired) electrons. The number of hydrogen-bond donors (Lipinski definition) is 0. The summed E-state index contributed by atoms with van der Waals surface area (Å²) in [5.74, 6) is 0.867. The van der Waals surface area contributed by atoms with Gasteiger partial charge in [-0.1, -0.05) is 100 Å². The first-order valence-electron chi connectivity index (χ1n) is 18.1. The van der Waals surface area contributed by atoms with Gasteiger partial charge in [0.05, 0.1) is 0 Å². The first-order valence-corrected chi connectivity index (χ1v) is 18.1. The predicted molar refractivity (Wildman–Crippen MR) is 203 cm³/mol. The SMILES string of the molecule is CC(C)c1cc2c(cc1N(c1ccc(-c3cc4ccccc4c4ccccc34)cc1)c1cc3c(cc1C(C)C)CCCC3)CCCC2. The van der Waals surface area contributed by atoms with Crippen molar-refractivity contribution in [1.29, 1.82) is 0 Å². The molecule has 0 N–H and O–H groups in total. The number of aryl methyl sites for hydroxylation is 4. The van der Waals surface area contributed by atoms with E-state index < -0.39 is 0 Å². The summed E-state index contributed by atoms with van der Waals surface area (Å²) in [6.45, 7) is 9.49. The zero-order chi connectivity index (χ0) is 32.1. The predicted octanol–water partition coefficient (Wildman–Crippen LogP) is 13.1. The minimum absolute atomic E-state index is 0.433. The number of rotatable bonds is 6. The van der Waals surface area contributed by atoms with Crippen LogP contribution in [0.25, 0.3) is 32.7 Å². The van der Waals surface area contributed by atoms with Crippen LogP contribution in [0.1, 0.15) is 98.6 Å². The Morgan fingerprint density at radius 3 is 1.47 bits per heavy atom. The second kappa shape index (κ2) is 12.3. The second-order valence-corrected chi connectivity index (χ2v) is 14.7. The Morgan fingerprint density at radius 1 is 0.468 bits per heavy atom. The third-order valence-corrected chi connectivity index (χ3v) is 10.9. The van der Waals surface area contributed by atoms with Gasteiger partial charge in [-0.2, -0.15) is 0 Å². The maximum absolute atomic E-state index is 2.64. The van der Waals surface area contributed by atoms with Crippen LogP contribution in [0, 0.1) is 0 Å². The van der Waals surface area contributed by atoms with Crippen molar-refractivity contribution in [2.45, 2.75) is 90.9 Å². The number of anilines is 3. The maximum atomic E-state index is 2.64. The molecule has 0 heterocycles. The molecule has 1 heteroatoms. The van der Waals surface area contributed by atoms with Gasteiger partial charge in [0.2, 0.25) is 0 Å². The summed E-state index contributed by atoms with van der Waals surface area (Å²) in [6, 6.07) is 39.8. The van der Waals surface area contributed by atoms with Gasteiger partial charge in [-0.3, -0.25) is 0 Å². The van der Waals surface area contributed by atoms with Crippen molar-refractivity contribution in [3.63, 3.8) is 0 Å². The molecular formula is C46H47N. The highest BCUT2D eigenvalue weighted by atomic mass is 15.1. The molecule has 0 atom stereocenters. The molecule has 2 aliphatic carbocycles. The van der Waals surface area contributed by atoms with E-state index in [0.29, 0.717) is 11.8 Å². The van der Waals surface area contributed by atoms with Crippen LogP contribution >= 0.6 is 0 Å². The maximum Gasteiger partial charge on any atom is 0.0499 e. The third-order valence-electron chi connectivity index (χ3n) is 10.9. The molecule has 0 spiro atoms. The average molecular weight is 614 g/mol. The van der Waals surface area contributed by atoms with Crippen LogP contribution in [0.15, 0.2) is 103 Å². The minimum Gasteiger partial charge on any atom is -0.310 e. The van der Waals surface area contributed by atoms with E-state index in [2.05, 4.69) is 136 Å². The average Bonchev–Trinajstić information content (AvgIpc) is 3.11. The lowest BCUT2D eigenvalue weighted by Crippen LogP contribution is -2.18. The molecular weight excluding hydrogens is 567 g/mol. The lowest BCUT2D eigenvalue weighted by molar-refractivity contribution is 0.681. The van der Waals surface area contributed by atoms with Crippen LogP contribution in [0.5, 0.6) is 0 Å². The van der Waals surface area contributed by atoms with Crippen LogP contribution in [0.3, 0.4) is 0 Å². The highest BCUT2D eigenvalue weighted by Gasteiger charge is 2.26. The Balaban J connectivity index is 1.34. The fourth-order valence-electron chi connectivity index (χ4n) is 8.39.